The number of hydrogen-bond acceptors (Lipinski definition) is 4. The van der Waals surface area contributed by atoms with Crippen molar-refractivity contribution < 1.29 is 18.0 Å². The Morgan fingerprint density at radius 2 is 1.55 bits per heavy atom. The number of nitrogens with one attached hydrogen (secondary N) is 3. The van der Waals surface area contributed by atoms with Gasteiger partial charge in [0, 0.05) is 36.3 Å². The topological polar surface area (TPSA) is 109 Å². The van der Waals surface area contributed by atoms with E-state index in [0.29, 0.717) is 5.56 Å². The molecule has 0 spiro atoms. The fourth-order valence-electron chi connectivity index (χ4n) is 3.44. The Bertz CT molecular complexity index is 1430. The van der Waals surface area contributed by atoms with E-state index in [1.807, 2.05) is 66.2 Å². The van der Waals surface area contributed by atoms with Crippen LogP contribution < -0.4 is 15.6 Å². The van der Waals surface area contributed by atoms with E-state index < -0.39 is 21.8 Å². The van der Waals surface area contributed by atoms with E-state index in [1.54, 1.807) is 6.20 Å². The molecule has 1 aromatic heterocycles. The molecule has 3 aromatic carbocycles. The molecule has 0 atom stereocenters. The minimum atomic E-state index is -3.83. The van der Waals surface area contributed by atoms with E-state index in [1.165, 1.54) is 24.3 Å². The van der Waals surface area contributed by atoms with Crippen molar-refractivity contribution in [1.29, 1.82) is 0 Å². The van der Waals surface area contributed by atoms with E-state index >= 15 is 0 Å². The minimum Gasteiger partial charge on any atom is -0.350 e. The van der Waals surface area contributed by atoms with E-state index in [2.05, 4.69) is 15.6 Å². The van der Waals surface area contributed by atoms with Crippen molar-refractivity contribution in [3.63, 3.8) is 0 Å². The fraction of sp³-hybridized carbons (Fsp3) is 0.0833. The van der Waals surface area contributed by atoms with E-state index in [9.17, 15) is 18.0 Å². The highest BCUT2D eigenvalue weighted by Gasteiger charge is 2.18. The first-order valence-corrected chi connectivity index (χ1v) is 11.6. The molecule has 4 aromatic rings. The molecule has 168 valence electrons. The highest BCUT2D eigenvalue weighted by atomic mass is 32.2. The molecule has 0 aliphatic rings. The average molecular weight is 463 g/mol. The number of nitrogens with zero attached hydrogens (tertiary/aromatic N) is 1. The summed E-state index contributed by atoms with van der Waals surface area (Å²) < 4.78 is 29.6. The number of aromatic nitrogens is 1. The van der Waals surface area contributed by atoms with Gasteiger partial charge in [-0.1, -0.05) is 54.6 Å². The third kappa shape index (κ3) is 4.94. The predicted octanol–water partition coefficient (Wildman–Crippen LogP) is 2.73. The number of para-hydroxylation sites is 1. The second-order valence-electron chi connectivity index (χ2n) is 7.42. The Balaban J connectivity index is 1.43. The summed E-state index contributed by atoms with van der Waals surface area (Å²) in [6.07, 6.45) is 1.68. The number of aryl methyl sites for hydroxylation is 1. The molecule has 4 rings (SSSR count). The molecule has 1 heterocycles. The standard InChI is InChI=1S/C24H22N4O4S/c1-28-16-21(20-12-5-6-13-22(20)28)24(30)27-26-23(29)18-10-7-11-19(14-18)33(31,32)25-15-17-8-3-2-4-9-17/h2-14,16,25H,15H2,1H3,(H,26,29)(H,27,30). The summed E-state index contributed by atoms with van der Waals surface area (Å²) in [5, 5.41) is 0.754. The molecule has 9 heteroatoms. The summed E-state index contributed by atoms with van der Waals surface area (Å²) in [6, 6.07) is 22.1. The van der Waals surface area contributed by atoms with Gasteiger partial charge in [0.05, 0.1) is 10.5 Å². The number of carbonyl (C=O) groups is 2. The average Bonchev–Trinajstić information content (AvgIpc) is 3.18. The maximum Gasteiger partial charge on any atom is 0.271 e. The Morgan fingerprint density at radius 3 is 2.33 bits per heavy atom. The lowest BCUT2D eigenvalue weighted by molar-refractivity contribution is 0.0847. The summed E-state index contributed by atoms with van der Waals surface area (Å²) in [6.45, 7) is 0.126. The van der Waals surface area contributed by atoms with Crippen LogP contribution in [0.15, 0.2) is 90.0 Å². The van der Waals surface area contributed by atoms with Crippen LogP contribution in [-0.2, 0) is 23.6 Å². The number of hydrogen-bond donors (Lipinski definition) is 3. The molecule has 0 aliphatic heterocycles. The molecule has 0 radical (unpaired) electrons. The second kappa shape index (κ2) is 9.27. The Kier molecular flexibility index (Phi) is 6.25. The molecule has 0 unspecified atom stereocenters. The highest BCUT2D eigenvalue weighted by Crippen LogP contribution is 2.20. The lowest BCUT2D eigenvalue weighted by atomic mass is 10.2. The van der Waals surface area contributed by atoms with Gasteiger partial charge in [-0.15, -0.1) is 0 Å². The summed E-state index contributed by atoms with van der Waals surface area (Å²) >= 11 is 0. The zero-order chi connectivity index (χ0) is 23.4. The van der Waals surface area contributed by atoms with Gasteiger partial charge in [0.15, 0.2) is 0 Å². The highest BCUT2D eigenvalue weighted by molar-refractivity contribution is 7.89. The third-order valence-electron chi connectivity index (χ3n) is 5.15. The van der Waals surface area contributed by atoms with Crippen LogP contribution in [0.25, 0.3) is 10.9 Å². The number of fused-ring (bicyclic) bond motifs is 1. The third-order valence-corrected chi connectivity index (χ3v) is 6.55. The maximum absolute atomic E-state index is 12.6. The number of rotatable bonds is 6. The van der Waals surface area contributed by atoms with Crippen LogP contribution in [-0.4, -0.2) is 24.8 Å². The van der Waals surface area contributed by atoms with Gasteiger partial charge < -0.3 is 4.57 Å². The van der Waals surface area contributed by atoms with Gasteiger partial charge in [-0.05, 0) is 29.8 Å². The van der Waals surface area contributed by atoms with E-state index in [0.717, 1.165) is 16.5 Å². The summed E-state index contributed by atoms with van der Waals surface area (Å²) in [4.78, 5) is 25.1. The molecule has 8 nitrogen and oxygen atoms in total. The van der Waals surface area contributed by atoms with Crippen molar-refractivity contribution in [2.45, 2.75) is 11.4 Å². The summed E-state index contributed by atoms with van der Waals surface area (Å²) in [5.41, 5.74) is 6.94. The molecule has 0 bridgehead atoms. The first-order valence-electron chi connectivity index (χ1n) is 10.1. The first kappa shape index (κ1) is 22.3. The SMILES string of the molecule is Cn1cc(C(=O)NNC(=O)c2cccc(S(=O)(=O)NCc3ccccc3)c2)c2ccccc21. The van der Waals surface area contributed by atoms with Crippen LogP contribution in [0, 0.1) is 0 Å². The summed E-state index contributed by atoms with van der Waals surface area (Å²) in [7, 11) is -2.00. The number of benzene rings is 3. The number of amides is 2. The quantitative estimate of drug-likeness (QED) is 0.383. The molecular formula is C24H22N4O4S. The van der Waals surface area contributed by atoms with Crippen molar-refractivity contribution >= 4 is 32.7 Å². The van der Waals surface area contributed by atoms with Crippen molar-refractivity contribution in [2.75, 3.05) is 0 Å². The van der Waals surface area contributed by atoms with Gasteiger partial charge in [-0.25, -0.2) is 13.1 Å². The minimum absolute atomic E-state index is 0.0496. The van der Waals surface area contributed by atoms with Gasteiger partial charge in [0.1, 0.15) is 0 Å². The molecule has 0 saturated carbocycles. The van der Waals surface area contributed by atoms with E-state index in [-0.39, 0.29) is 17.0 Å². The Labute approximate surface area is 191 Å². The number of carbonyl (C=O) groups excluding carboxylic acids is 2. The van der Waals surface area contributed by atoms with Crippen molar-refractivity contribution in [1.82, 2.24) is 20.1 Å². The molecule has 3 N–H and O–H groups in total. The van der Waals surface area contributed by atoms with Crippen LogP contribution in [0.4, 0.5) is 0 Å². The zero-order valence-corrected chi connectivity index (χ0v) is 18.6. The Hall–Kier alpha value is -3.95. The fourth-order valence-corrected chi connectivity index (χ4v) is 4.50. The normalized spacial score (nSPS) is 11.3. The number of sulfonamides is 1. The zero-order valence-electron chi connectivity index (χ0n) is 17.8. The molecule has 0 aliphatic carbocycles. The van der Waals surface area contributed by atoms with Crippen LogP contribution >= 0.6 is 0 Å². The van der Waals surface area contributed by atoms with Crippen LogP contribution in [0.1, 0.15) is 26.3 Å². The maximum atomic E-state index is 12.6. The molecule has 0 saturated heterocycles. The smallest absolute Gasteiger partial charge is 0.271 e. The lowest BCUT2D eigenvalue weighted by Crippen LogP contribution is -2.41. The number of hydrazine groups is 1. The Morgan fingerprint density at radius 1 is 0.848 bits per heavy atom. The van der Waals surface area contributed by atoms with Crippen LogP contribution in [0.2, 0.25) is 0 Å². The molecule has 0 fully saturated rings. The van der Waals surface area contributed by atoms with Gasteiger partial charge in [0.2, 0.25) is 10.0 Å². The first-order chi connectivity index (χ1) is 15.8. The summed E-state index contributed by atoms with van der Waals surface area (Å²) in [5.74, 6) is -1.11. The van der Waals surface area contributed by atoms with Crippen molar-refractivity contribution in [3.05, 3.63) is 102 Å². The van der Waals surface area contributed by atoms with Crippen LogP contribution in [0.5, 0.6) is 0 Å². The molecular weight excluding hydrogens is 440 g/mol. The molecule has 2 amide bonds. The van der Waals surface area contributed by atoms with E-state index in [4.69, 9.17) is 0 Å². The van der Waals surface area contributed by atoms with Crippen molar-refractivity contribution in [3.8, 4) is 0 Å². The van der Waals surface area contributed by atoms with Crippen LogP contribution in [0.3, 0.4) is 0 Å². The lowest BCUT2D eigenvalue weighted by Gasteiger charge is -2.10. The van der Waals surface area contributed by atoms with Gasteiger partial charge in [0.25, 0.3) is 11.8 Å². The van der Waals surface area contributed by atoms with Gasteiger partial charge >= 0.3 is 0 Å². The monoisotopic (exact) mass is 462 g/mol. The predicted molar refractivity (Wildman–Crippen MR) is 125 cm³/mol. The largest absolute Gasteiger partial charge is 0.350 e. The van der Waals surface area contributed by atoms with Crippen molar-refractivity contribution in [2.24, 2.45) is 7.05 Å². The van der Waals surface area contributed by atoms with Gasteiger partial charge in [-0.3, -0.25) is 20.4 Å². The molecule has 33 heavy (non-hydrogen) atoms. The second-order valence-corrected chi connectivity index (χ2v) is 9.18. The van der Waals surface area contributed by atoms with Gasteiger partial charge in [-0.2, -0.15) is 0 Å².